The molecule has 0 aromatic rings. The SMILES string of the molecule is CC(C)CCNC(N)=NCCCN1C(=O)C2C3C=CC(C3)C2C1=O. The smallest absolute Gasteiger partial charge is 0.233 e. The maximum atomic E-state index is 12.5. The Hall–Kier alpha value is -1.85. The fourth-order valence-electron chi connectivity index (χ4n) is 4.16. The zero-order valence-corrected chi connectivity index (χ0v) is 14.6. The van der Waals surface area contributed by atoms with E-state index in [1.807, 2.05) is 0 Å². The summed E-state index contributed by atoms with van der Waals surface area (Å²) in [5.41, 5.74) is 5.81. The lowest BCUT2D eigenvalue weighted by Crippen LogP contribution is -2.35. The summed E-state index contributed by atoms with van der Waals surface area (Å²) in [5, 5.41) is 3.08. The summed E-state index contributed by atoms with van der Waals surface area (Å²) in [7, 11) is 0. The van der Waals surface area contributed by atoms with Gasteiger partial charge in [0.2, 0.25) is 11.8 Å². The van der Waals surface area contributed by atoms with E-state index in [4.69, 9.17) is 5.73 Å². The molecular weight excluding hydrogens is 304 g/mol. The van der Waals surface area contributed by atoms with Crippen LogP contribution in [0.3, 0.4) is 0 Å². The summed E-state index contributed by atoms with van der Waals surface area (Å²) in [6.07, 6.45) is 6.92. The molecule has 6 nitrogen and oxygen atoms in total. The third-order valence-corrected chi connectivity index (χ3v) is 5.41. The maximum Gasteiger partial charge on any atom is 0.233 e. The fourth-order valence-corrected chi connectivity index (χ4v) is 4.16. The number of aliphatic imine (C=N–C) groups is 1. The second kappa shape index (κ2) is 6.95. The first-order valence-electron chi connectivity index (χ1n) is 9.06. The molecule has 2 aliphatic carbocycles. The lowest BCUT2D eigenvalue weighted by Gasteiger charge is -2.16. The van der Waals surface area contributed by atoms with Crippen LogP contribution in [-0.2, 0) is 9.59 Å². The Kier molecular flexibility index (Phi) is 4.92. The molecule has 6 heteroatoms. The third-order valence-electron chi connectivity index (χ3n) is 5.41. The standard InChI is InChI=1S/C18H28N4O2/c1-11(2)6-8-21-18(19)20-7-3-9-22-16(23)14-12-4-5-13(10-12)15(14)17(22)24/h4-5,11-15H,3,6-10H2,1-2H3,(H3,19,20,21). The minimum absolute atomic E-state index is 0.0221. The summed E-state index contributed by atoms with van der Waals surface area (Å²) < 4.78 is 0. The van der Waals surface area contributed by atoms with Gasteiger partial charge in [0.05, 0.1) is 11.8 Å². The van der Waals surface area contributed by atoms with Crippen molar-refractivity contribution in [2.75, 3.05) is 19.6 Å². The quantitative estimate of drug-likeness (QED) is 0.241. The summed E-state index contributed by atoms with van der Waals surface area (Å²) in [5.74, 6) is 1.47. The predicted octanol–water partition coefficient (Wildman–Crippen LogP) is 1.13. The molecule has 2 amide bonds. The highest BCUT2D eigenvalue weighted by Crippen LogP contribution is 2.52. The van der Waals surface area contributed by atoms with Gasteiger partial charge in [0.25, 0.3) is 0 Å². The molecule has 0 spiro atoms. The molecule has 132 valence electrons. The molecule has 1 heterocycles. The number of allylic oxidation sites excluding steroid dienone is 2. The third kappa shape index (κ3) is 3.19. The Bertz CT molecular complexity index is 539. The number of likely N-dealkylation sites (tertiary alicyclic amines) is 1. The van der Waals surface area contributed by atoms with Crippen LogP contribution in [0.5, 0.6) is 0 Å². The van der Waals surface area contributed by atoms with E-state index >= 15 is 0 Å². The van der Waals surface area contributed by atoms with Gasteiger partial charge in [-0.3, -0.25) is 19.5 Å². The molecule has 2 bridgehead atoms. The second-order valence-electron chi connectivity index (χ2n) is 7.56. The Balaban J connectivity index is 1.43. The van der Waals surface area contributed by atoms with Crippen LogP contribution in [0, 0.1) is 29.6 Å². The monoisotopic (exact) mass is 332 g/mol. The van der Waals surface area contributed by atoms with Crippen molar-refractivity contribution < 1.29 is 9.59 Å². The lowest BCUT2D eigenvalue weighted by atomic mass is 9.85. The Morgan fingerprint density at radius 1 is 1.29 bits per heavy atom. The van der Waals surface area contributed by atoms with Crippen LogP contribution >= 0.6 is 0 Å². The van der Waals surface area contributed by atoms with Gasteiger partial charge in [-0.15, -0.1) is 0 Å². The van der Waals surface area contributed by atoms with E-state index in [-0.39, 0.29) is 35.5 Å². The summed E-state index contributed by atoms with van der Waals surface area (Å²) in [6.45, 7) is 6.12. The number of nitrogens with one attached hydrogen (secondary N) is 1. The average Bonchev–Trinajstić information content (AvgIpc) is 3.19. The number of nitrogens with two attached hydrogens (primary N) is 1. The molecular formula is C18H28N4O2. The van der Waals surface area contributed by atoms with Gasteiger partial charge in [0.1, 0.15) is 0 Å². The highest BCUT2D eigenvalue weighted by molar-refractivity contribution is 6.06. The number of guanidine groups is 1. The van der Waals surface area contributed by atoms with Crippen molar-refractivity contribution in [1.29, 1.82) is 0 Å². The molecule has 2 fully saturated rings. The van der Waals surface area contributed by atoms with E-state index in [9.17, 15) is 9.59 Å². The van der Waals surface area contributed by atoms with Crippen LogP contribution in [-0.4, -0.2) is 42.3 Å². The van der Waals surface area contributed by atoms with E-state index in [2.05, 4.69) is 36.3 Å². The molecule has 0 radical (unpaired) electrons. The average molecular weight is 332 g/mol. The van der Waals surface area contributed by atoms with Gasteiger partial charge in [-0.1, -0.05) is 26.0 Å². The second-order valence-corrected chi connectivity index (χ2v) is 7.56. The van der Waals surface area contributed by atoms with Crippen molar-refractivity contribution in [3.8, 4) is 0 Å². The van der Waals surface area contributed by atoms with Gasteiger partial charge < -0.3 is 11.1 Å². The predicted molar refractivity (Wildman–Crippen MR) is 93.0 cm³/mol. The van der Waals surface area contributed by atoms with Crippen molar-refractivity contribution in [3.05, 3.63) is 12.2 Å². The first-order valence-corrected chi connectivity index (χ1v) is 9.06. The summed E-state index contributed by atoms with van der Waals surface area (Å²) in [4.78, 5) is 30.8. The molecule has 1 saturated heterocycles. The molecule has 4 unspecified atom stereocenters. The minimum Gasteiger partial charge on any atom is -0.370 e. The van der Waals surface area contributed by atoms with Crippen molar-refractivity contribution in [2.45, 2.75) is 33.1 Å². The van der Waals surface area contributed by atoms with Crippen LogP contribution in [0.15, 0.2) is 17.1 Å². The number of imide groups is 1. The first kappa shape index (κ1) is 17.0. The van der Waals surface area contributed by atoms with Crippen LogP contribution in [0.1, 0.15) is 33.1 Å². The number of hydrogen-bond donors (Lipinski definition) is 2. The lowest BCUT2D eigenvalue weighted by molar-refractivity contribution is -0.140. The molecule has 24 heavy (non-hydrogen) atoms. The highest BCUT2D eigenvalue weighted by atomic mass is 16.2. The number of hydrogen-bond acceptors (Lipinski definition) is 3. The van der Waals surface area contributed by atoms with E-state index in [0.29, 0.717) is 31.4 Å². The van der Waals surface area contributed by atoms with Crippen molar-refractivity contribution >= 4 is 17.8 Å². The maximum absolute atomic E-state index is 12.5. The molecule has 1 saturated carbocycles. The minimum atomic E-state index is -0.0984. The van der Waals surface area contributed by atoms with Crippen molar-refractivity contribution in [3.63, 3.8) is 0 Å². The van der Waals surface area contributed by atoms with Gasteiger partial charge in [-0.05, 0) is 37.0 Å². The van der Waals surface area contributed by atoms with E-state index in [1.54, 1.807) is 0 Å². The molecule has 3 rings (SSSR count). The van der Waals surface area contributed by atoms with E-state index in [0.717, 1.165) is 19.4 Å². The Morgan fingerprint density at radius 2 is 1.92 bits per heavy atom. The van der Waals surface area contributed by atoms with Gasteiger partial charge in [-0.25, -0.2) is 0 Å². The molecule has 0 aromatic heterocycles. The summed E-state index contributed by atoms with van der Waals surface area (Å²) >= 11 is 0. The van der Waals surface area contributed by atoms with Crippen LogP contribution in [0.25, 0.3) is 0 Å². The summed E-state index contributed by atoms with van der Waals surface area (Å²) in [6, 6.07) is 0. The van der Waals surface area contributed by atoms with Crippen LogP contribution in [0.2, 0.25) is 0 Å². The first-order chi connectivity index (χ1) is 11.5. The molecule has 4 atom stereocenters. The highest BCUT2D eigenvalue weighted by Gasteiger charge is 2.58. The molecule has 0 aromatic carbocycles. The van der Waals surface area contributed by atoms with Gasteiger partial charge in [-0.2, -0.15) is 0 Å². The zero-order valence-electron chi connectivity index (χ0n) is 14.6. The topological polar surface area (TPSA) is 87.8 Å². The van der Waals surface area contributed by atoms with Crippen LogP contribution in [0.4, 0.5) is 0 Å². The largest absolute Gasteiger partial charge is 0.370 e. The molecule has 3 N–H and O–H groups in total. The van der Waals surface area contributed by atoms with Gasteiger partial charge in [0.15, 0.2) is 5.96 Å². The number of nitrogens with zero attached hydrogens (tertiary/aromatic N) is 2. The van der Waals surface area contributed by atoms with Crippen LogP contribution < -0.4 is 11.1 Å². The Morgan fingerprint density at radius 3 is 2.50 bits per heavy atom. The number of carbonyl (C=O) groups excluding carboxylic acids is 2. The van der Waals surface area contributed by atoms with E-state index in [1.165, 1.54) is 4.90 Å². The van der Waals surface area contributed by atoms with E-state index < -0.39 is 0 Å². The normalized spacial score (nSPS) is 31.5. The number of amides is 2. The number of carbonyl (C=O) groups is 2. The number of fused-ring (bicyclic) bond motifs is 5. The van der Waals surface area contributed by atoms with Crippen molar-refractivity contribution in [2.24, 2.45) is 40.3 Å². The van der Waals surface area contributed by atoms with Gasteiger partial charge >= 0.3 is 0 Å². The van der Waals surface area contributed by atoms with Gasteiger partial charge in [0, 0.05) is 19.6 Å². The fraction of sp³-hybridized carbons (Fsp3) is 0.722. The van der Waals surface area contributed by atoms with Crippen molar-refractivity contribution in [1.82, 2.24) is 10.2 Å². The zero-order chi connectivity index (χ0) is 17.3. The Labute approximate surface area is 143 Å². The molecule has 1 aliphatic heterocycles. The number of rotatable bonds is 7. The molecule has 3 aliphatic rings.